The highest BCUT2D eigenvalue weighted by Crippen LogP contribution is 2.27. The van der Waals surface area contributed by atoms with Crippen molar-refractivity contribution in [3.63, 3.8) is 0 Å². The zero-order chi connectivity index (χ0) is 12.3. The average molecular weight is 294 g/mol. The Balaban J connectivity index is 3.09. The Bertz CT molecular complexity index is 410. The molecule has 3 nitrogen and oxygen atoms in total. The zero-order valence-corrected chi connectivity index (χ0v) is 10.3. The van der Waals surface area contributed by atoms with Gasteiger partial charge in [-0.15, -0.1) is 0 Å². The minimum absolute atomic E-state index is 0.116. The molecule has 0 spiro atoms. The number of rotatable bonds is 3. The maximum Gasteiger partial charge on any atom is 0.311 e. The second-order valence-corrected chi connectivity index (χ2v) is 4.01. The monoisotopic (exact) mass is 293 g/mol. The van der Waals surface area contributed by atoms with Crippen LogP contribution in [0.4, 0.5) is 8.78 Å². The van der Waals surface area contributed by atoms with Gasteiger partial charge in [0.15, 0.2) is 0 Å². The third-order valence-corrected chi connectivity index (χ3v) is 2.88. The van der Waals surface area contributed by atoms with Crippen LogP contribution >= 0.6 is 15.9 Å². The van der Waals surface area contributed by atoms with Crippen LogP contribution in [-0.2, 0) is 16.0 Å². The first-order valence-electron chi connectivity index (χ1n) is 4.46. The molecule has 0 aliphatic carbocycles. The van der Waals surface area contributed by atoms with Crippen LogP contribution in [0.2, 0.25) is 0 Å². The number of esters is 1. The molecule has 1 rings (SSSR count). The summed E-state index contributed by atoms with van der Waals surface area (Å²) in [6, 6.07) is 1.54. The van der Waals surface area contributed by atoms with Gasteiger partial charge in [0.1, 0.15) is 5.69 Å². The van der Waals surface area contributed by atoms with Crippen molar-refractivity contribution in [3.8, 4) is 0 Å². The van der Waals surface area contributed by atoms with Gasteiger partial charge in [0, 0.05) is 4.47 Å². The molecule has 0 fully saturated rings. The van der Waals surface area contributed by atoms with Gasteiger partial charge in [-0.25, -0.2) is 8.78 Å². The minimum atomic E-state index is -2.66. The molecule has 6 heteroatoms. The van der Waals surface area contributed by atoms with Crippen molar-refractivity contribution < 1.29 is 18.3 Å². The van der Waals surface area contributed by atoms with Crippen molar-refractivity contribution in [1.82, 2.24) is 4.98 Å². The summed E-state index contributed by atoms with van der Waals surface area (Å²) in [7, 11) is 1.24. The molecule has 0 bridgehead atoms. The van der Waals surface area contributed by atoms with Crippen LogP contribution in [0.1, 0.15) is 23.4 Å². The average Bonchev–Trinajstić information content (AvgIpc) is 2.22. The SMILES string of the molecule is COC(=O)Cc1cc(Br)c(C)c(C(F)F)n1. The molecule has 1 aromatic rings. The third-order valence-electron chi connectivity index (χ3n) is 2.06. The largest absolute Gasteiger partial charge is 0.469 e. The molecule has 88 valence electrons. The van der Waals surface area contributed by atoms with Gasteiger partial charge in [-0.3, -0.25) is 9.78 Å². The quantitative estimate of drug-likeness (QED) is 0.805. The van der Waals surface area contributed by atoms with E-state index in [1.54, 1.807) is 6.92 Å². The van der Waals surface area contributed by atoms with Crippen molar-refractivity contribution in [2.45, 2.75) is 19.8 Å². The number of carbonyl (C=O) groups excluding carboxylic acids is 1. The lowest BCUT2D eigenvalue weighted by molar-refractivity contribution is -0.139. The molecule has 16 heavy (non-hydrogen) atoms. The van der Waals surface area contributed by atoms with Crippen LogP contribution < -0.4 is 0 Å². The summed E-state index contributed by atoms with van der Waals surface area (Å²) in [6.45, 7) is 1.54. The number of halogens is 3. The summed E-state index contributed by atoms with van der Waals surface area (Å²) >= 11 is 3.15. The van der Waals surface area contributed by atoms with Crippen LogP contribution in [0.15, 0.2) is 10.5 Å². The lowest BCUT2D eigenvalue weighted by atomic mass is 10.1. The van der Waals surface area contributed by atoms with E-state index in [1.165, 1.54) is 13.2 Å². The number of ether oxygens (including phenoxy) is 1. The van der Waals surface area contributed by atoms with Gasteiger partial charge in [-0.2, -0.15) is 0 Å². The van der Waals surface area contributed by atoms with E-state index in [1.807, 2.05) is 0 Å². The van der Waals surface area contributed by atoms with E-state index >= 15 is 0 Å². The Morgan fingerprint density at radius 1 is 1.62 bits per heavy atom. The van der Waals surface area contributed by atoms with E-state index < -0.39 is 12.4 Å². The van der Waals surface area contributed by atoms with E-state index in [-0.39, 0.29) is 17.8 Å². The van der Waals surface area contributed by atoms with E-state index in [0.29, 0.717) is 10.0 Å². The van der Waals surface area contributed by atoms with Crippen LogP contribution in [0.25, 0.3) is 0 Å². The van der Waals surface area contributed by atoms with Crippen molar-refractivity contribution in [2.75, 3.05) is 7.11 Å². The number of carbonyl (C=O) groups is 1. The predicted octanol–water partition coefficient (Wildman–Crippen LogP) is 2.81. The second-order valence-electron chi connectivity index (χ2n) is 3.16. The van der Waals surface area contributed by atoms with Gasteiger partial charge in [-0.05, 0) is 18.6 Å². The molecular formula is C10H10BrF2NO2. The Labute approximate surface area is 99.9 Å². The number of methoxy groups -OCH3 is 1. The van der Waals surface area contributed by atoms with Crippen LogP contribution in [0.3, 0.4) is 0 Å². The van der Waals surface area contributed by atoms with Crippen molar-refractivity contribution >= 4 is 21.9 Å². The van der Waals surface area contributed by atoms with Gasteiger partial charge < -0.3 is 4.74 Å². The molecule has 0 aliphatic rings. The molecule has 0 saturated carbocycles. The van der Waals surface area contributed by atoms with Gasteiger partial charge in [0.25, 0.3) is 6.43 Å². The Hall–Kier alpha value is -1.04. The third kappa shape index (κ3) is 2.98. The summed E-state index contributed by atoms with van der Waals surface area (Å²) < 4.78 is 30.2. The first kappa shape index (κ1) is 13.0. The molecule has 0 saturated heterocycles. The lowest BCUT2D eigenvalue weighted by Gasteiger charge is -2.08. The maximum absolute atomic E-state index is 12.6. The maximum atomic E-state index is 12.6. The highest BCUT2D eigenvalue weighted by Gasteiger charge is 2.17. The lowest BCUT2D eigenvalue weighted by Crippen LogP contribution is -2.08. The van der Waals surface area contributed by atoms with Crippen LogP contribution in [0, 0.1) is 6.92 Å². The molecule has 0 radical (unpaired) electrons. The molecule has 0 N–H and O–H groups in total. The van der Waals surface area contributed by atoms with Gasteiger partial charge in [0.05, 0.1) is 19.2 Å². The molecule has 1 aromatic heterocycles. The topological polar surface area (TPSA) is 39.2 Å². The molecule has 1 heterocycles. The normalized spacial score (nSPS) is 10.6. The number of pyridine rings is 1. The number of aromatic nitrogens is 1. The molecule has 0 atom stereocenters. The number of alkyl halides is 2. The molecule has 0 unspecified atom stereocenters. The molecule has 0 aromatic carbocycles. The van der Waals surface area contributed by atoms with Crippen molar-refractivity contribution in [2.24, 2.45) is 0 Å². The Morgan fingerprint density at radius 2 is 2.25 bits per heavy atom. The number of hydrogen-bond donors (Lipinski definition) is 0. The first-order valence-corrected chi connectivity index (χ1v) is 5.26. The zero-order valence-electron chi connectivity index (χ0n) is 8.76. The van der Waals surface area contributed by atoms with Crippen LogP contribution in [0.5, 0.6) is 0 Å². The summed E-state index contributed by atoms with van der Waals surface area (Å²) in [5.74, 6) is -0.511. The van der Waals surface area contributed by atoms with Crippen molar-refractivity contribution in [3.05, 3.63) is 27.5 Å². The van der Waals surface area contributed by atoms with Crippen molar-refractivity contribution in [1.29, 1.82) is 0 Å². The first-order chi connectivity index (χ1) is 7.45. The van der Waals surface area contributed by atoms with Gasteiger partial charge >= 0.3 is 5.97 Å². The Kier molecular flexibility index (Phi) is 4.35. The smallest absolute Gasteiger partial charge is 0.311 e. The van der Waals surface area contributed by atoms with Gasteiger partial charge in [-0.1, -0.05) is 15.9 Å². The highest BCUT2D eigenvalue weighted by molar-refractivity contribution is 9.10. The number of nitrogens with zero attached hydrogens (tertiary/aromatic N) is 1. The van der Waals surface area contributed by atoms with E-state index in [2.05, 4.69) is 25.7 Å². The van der Waals surface area contributed by atoms with Gasteiger partial charge in [0.2, 0.25) is 0 Å². The standard InChI is InChI=1S/C10H10BrF2NO2/c1-5-7(11)3-6(4-8(15)16-2)14-9(5)10(12)13/h3,10H,4H2,1-2H3. The fourth-order valence-corrected chi connectivity index (χ4v) is 1.64. The Morgan fingerprint density at radius 3 is 2.75 bits per heavy atom. The highest BCUT2D eigenvalue weighted by atomic mass is 79.9. The van der Waals surface area contributed by atoms with E-state index in [0.717, 1.165) is 0 Å². The molecule has 0 amide bonds. The summed E-state index contributed by atoms with van der Waals surface area (Å²) in [4.78, 5) is 14.7. The fourth-order valence-electron chi connectivity index (χ4n) is 1.17. The predicted molar refractivity (Wildman–Crippen MR) is 57.4 cm³/mol. The fraction of sp³-hybridized carbons (Fsp3) is 0.400. The minimum Gasteiger partial charge on any atom is -0.469 e. The van der Waals surface area contributed by atoms with Crippen LogP contribution in [-0.4, -0.2) is 18.1 Å². The number of hydrogen-bond acceptors (Lipinski definition) is 3. The second kappa shape index (κ2) is 5.34. The molecule has 0 aliphatic heterocycles. The summed E-state index contributed by atoms with van der Waals surface area (Å²) in [6.07, 6.45) is -2.77. The summed E-state index contributed by atoms with van der Waals surface area (Å²) in [5, 5.41) is 0. The van der Waals surface area contributed by atoms with E-state index in [4.69, 9.17) is 0 Å². The van der Waals surface area contributed by atoms with E-state index in [9.17, 15) is 13.6 Å². The summed E-state index contributed by atoms with van der Waals surface area (Å²) in [5.41, 5.74) is 0.330. The molecular weight excluding hydrogens is 284 g/mol.